The Balaban J connectivity index is 2.36. The second kappa shape index (κ2) is 33.0. The van der Waals surface area contributed by atoms with Crippen molar-refractivity contribution in [1.29, 1.82) is 0 Å². The first-order valence-corrected chi connectivity index (χ1v) is 19.7. The summed E-state index contributed by atoms with van der Waals surface area (Å²) in [5.41, 5.74) is 0. The normalized spacial score (nSPS) is 22.1. The fourth-order valence-corrected chi connectivity index (χ4v) is 5.66. The fraction of sp³-hybridized carbons (Fsp3) is 0.780. The van der Waals surface area contributed by atoms with E-state index < -0.39 is 43.4 Å². The van der Waals surface area contributed by atoms with Gasteiger partial charge in [-0.05, 0) is 51.4 Å². The molecule has 1 saturated heterocycles. The van der Waals surface area contributed by atoms with Gasteiger partial charge < -0.3 is 39.4 Å². The van der Waals surface area contributed by atoms with Crippen LogP contribution in [0.25, 0.3) is 0 Å². The second-order valence-corrected chi connectivity index (χ2v) is 13.4. The highest BCUT2D eigenvalue weighted by molar-refractivity contribution is 5.69. The summed E-state index contributed by atoms with van der Waals surface area (Å²) >= 11 is 0. The van der Waals surface area contributed by atoms with Gasteiger partial charge in [0.15, 0.2) is 6.29 Å². The lowest BCUT2D eigenvalue weighted by atomic mass is 9.99. The molecule has 50 heavy (non-hydrogen) atoms. The second-order valence-electron chi connectivity index (χ2n) is 13.4. The number of aliphatic hydroxyl groups excluding tert-OH is 4. The van der Waals surface area contributed by atoms with Crippen LogP contribution in [0.4, 0.5) is 0 Å². The van der Waals surface area contributed by atoms with Gasteiger partial charge in [-0.25, -0.2) is 0 Å². The van der Waals surface area contributed by atoms with Crippen LogP contribution >= 0.6 is 0 Å². The highest BCUT2D eigenvalue weighted by atomic mass is 16.7. The molecule has 1 heterocycles. The van der Waals surface area contributed by atoms with Crippen LogP contribution in [0.1, 0.15) is 142 Å². The molecule has 4 N–H and O–H groups in total. The number of unbranched alkanes of at least 4 members (excludes halogenated alkanes) is 13. The van der Waals surface area contributed by atoms with E-state index in [4.69, 9.17) is 18.9 Å². The van der Waals surface area contributed by atoms with E-state index in [2.05, 4.69) is 62.5 Å². The predicted molar refractivity (Wildman–Crippen MR) is 201 cm³/mol. The number of allylic oxidation sites excluding steroid dienone is 8. The van der Waals surface area contributed by atoms with E-state index in [9.17, 15) is 25.2 Å². The van der Waals surface area contributed by atoms with Gasteiger partial charge in [0.2, 0.25) is 0 Å². The lowest BCUT2D eigenvalue weighted by molar-refractivity contribution is -0.305. The third-order valence-corrected chi connectivity index (χ3v) is 8.76. The molecule has 1 fully saturated rings. The molecule has 9 heteroatoms. The molecular formula is C41H72O9. The van der Waals surface area contributed by atoms with Crippen LogP contribution < -0.4 is 0 Å². The molecule has 290 valence electrons. The Morgan fingerprint density at radius 1 is 0.660 bits per heavy atom. The molecular weight excluding hydrogens is 636 g/mol. The summed E-state index contributed by atoms with van der Waals surface area (Å²) < 4.78 is 22.7. The average Bonchev–Trinajstić information content (AvgIpc) is 3.11. The summed E-state index contributed by atoms with van der Waals surface area (Å²) in [4.78, 5) is 12.7. The minimum atomic E-state index is -1.54. The summed E-state index contributed by atoms with van der Waals surface area (Å²) in [5, 5.41) is 39.9. The van der Waals surface area contributed by atoms with E-state index in [1.54, 1.807) is 0 Å². The van der Waals surface area contributed by atoms with Crippen LogP contribution in [0.3, 0.4) is 0 Å². The quantitative estimate of drug-likeness (QED) is 0.0314. The number of carbonyl (C=O) groups excluding carboxylic acids is 1. The number of carbonyl (C=O) groups is 1. The number of aliphatic hydroxyl groups is 4. The Labute approximate surface area is 303 Å². The van der Waals surface area contributed by atoms with Gasteiger partial charge in [-0.15, -0.1) is 0 Å². The van der Waals surface area contributed by atoms with Crippen molar-refractivity contribution in [2.24, 2.45) is 0 Å². The number of rotatable bonds is 32. The first kappa shape index (κ1) is 46.2. The zero-order chi connectivity index (χ0) is 36.5. The van der Waals surface area contributed by atoms with Crippen LogP contribution in [0.15, 0.2) is 48.6 Å². The Bertz CT molecular complexity index is 900. The van der Waals surface area contributed by atoms with Gasteiger partial charge in [0, 0.05) is 13.0 Å². The minimum absolute atomic E-state index is 0.128. The summed E-state index contributed by atoms with van der Waals surface area (Å²) in [7, 11) is 0. The molecule has 1 aliphatic rings. The molecule has 0 saturated carbocycles. The zero-order valence-corrected chi connectivity index (χ0v) is 31.4. The maximum absolute atomic E-state index is 12.7. The van der Waals surface area contributed by atoms with Crippen molar-refractivity contribution >= 4 is 5.97 Å². The molecule has 1 aliphatic heterocycles. The van der Waals surface area contributed by atoms with Crippen molar-refractivity contribution in [3.05, 3.63) is 48.6 Å². The van der Waals surface area contributed by atoms with Crippen molar-refractivity contribution in [2.45, 2.75) is 179 Å². The summed E-state index contributed by atoms with van der Waals surface area (Å²) in [6.45, 7) is 4.37. The lowest BCUT2D eigenvalue weighted by Crippen LogP contribution is -2.59. The van der Waals surface area contributed by atoms with Gasteiger partial charge in [0.1, 0.15) is 30.5 Å². The van der Waals surface area contributed by atoms with E-state index in [0.29, 0.717) is 13.0 Å². The van der Waals surface area contributed by atoms with Gasteiger partial charge in [-0.2, -0.15) is 0 Å². The SMILES string of the molecule is CC/C=C\C/C=C\C/C=C\C/C=C\CCCCC(=O)OC(COCCCCCCCCCCCCCC)COC1OC(CO)C(O)C(O)C1O. The minimum Gasteiger partial charge on any atom is -0.457 e. The van der Waals surface area contributed by atoms with Crippen LogP contribution in [-0.4, -0.2) is 89.6 Å². The van der Waals surface area contributed by atoms with Gasteiger partial charge >= 0.3 is 5.97 Å². The number of hydrogen-bond donors (Lipinski definition) is 4. The average molecular weight is 709 g/mol. The van der Waals surface area contributed by atoms with Crippen LogP contribution in [0, 0.1) is 0 Å². The topological polar surface area (TPSA) is 135 Å². The van der Waals surface area contributed by atoms with Gasteiger partial charge in [-0.3, -0.25) is 4.79 Å². The molecule has 0 aromatic carbocycles. The van der Waals surface area contributed by atoms with Crippen LogP contribution in [0.2, 0.25) is 0 Å². The van der Waals surface area contributed by atoms with Gasteiger partial charge in [0.25, 0.3) is 0 Å². The van der Waals surface area contributed by atoms with Crippen molar-refractivity contribution in [3.63, 3.8) is 0 Å². The standard InChI is InChI=1S/C41H72O9/c1-3-5-7-9-11-13-15-17-18-19-20-22-24-26-28-30-37(43)49-35(34-48-41-40(46)39(45)38(44)36(32-42)50-41)33-47-31-29-27-25-23-21-16-14-12-10-8-6-4-2/h5,7,11,13,17-18,20,22,35-36,38-42,44-46H,3-4,6,8-10,12,14-16,19,21,23-34H2,1-2H3/b7-5-,13-11-,18-17-,22-20-. The molecule has 0 spiro atoms. The highest BCUT2D eigenvalue weighted by Crippen LogP contribution is 2.22. The van der Waals surface area contributed by atoms with Crippen molar-refractivity contribution in [3.8, 4) is 0 Å². The Kier molecular flexibility index (Phi) is 30.5. The van der Waals surface area contributed by atoms with Crippen LogP contribution in [0.5, 0.6) is 0 Å². The van der Waals surface area contributed by atoms with E-state index in [1.165, 1.54) is 64.2 Å². The first-order chi connectivity index (χ1) is 24.4. The molecule has 0 radical (unpaired) electrons. The van der Waals surface area contributed by atoms with Crippen molar-refractivity contribution in [2.75, 3.05) is 26.4 Å². The summed E-state index contributed by atoms with van der Waals surface area (Å²) in [5.74, 6) is -0.355. The van der Waals surface area contributed by atoms with E-state index in [1.807, 2.05) is 0 Å². The maximum atomic E-state index is 12.7. The lowest BCUT2D eigenvalue weighted by Gasteiger charge is -2.39. The first-order valence-electron chi connectivity index (χ1n) is 19.7. The van der Waals surface area contributed by atoms with Gasteiger partial charge in [-0.1, -0.05) is 133 Å². The zero-order valence-electron chi connectivity index (χ0n) is 31.4. The summed E-state index contributed by atoms with van der Waals surface area (Å²) in [6.07, 6.45) is 31.4. The molecule has 0 bridgehead atoms. The van der Waals surface area contributed by atoms with E-state index in [-0.39, 0.29) is 25.6 Å². The Morgan fingerprint density at radius 2 is 1.22 bits per heavy atom. The third-order valence-electron chi connectivity index (χ3n) is 8.76. The number of esters is 1. The van der Waals surface area contributed by atoms with E-state index in [0.717, 1.165) is 51.4 Å². The Hall–Kier alpha value is -1.85. The molecule has 0 aromatic heterocycles. The molecule has 6 atom stereocenters. The smallest absolute Gasteiger partial charge is 0.306 e. The molecule has 9 nitrogen and oxygen atoms in total. The number of ether oxygens (including phenoxy) is 4. The largest absolute Gasteiger partial charge is 0.457 e. The number of hydrogen-bond acceptors (Lipinski definition) is 9. The maximum Gasteiger partial charge on any atom is 0.306 e. The van der Waals surface area contributed by atoms with Crippen molar-refractivity contribution in [1.82, 2.24) is 0 Å². The van der Waals surface area contributed by atoms with Crippen molar-refractivity contribution < 1.29 is 44.2 Å². The molecule has 1 rings (SSSR count). The monoisotopic (exact) mass is 709 g/mol. The van der Waals surface area contributed by atoms with Crippen LogP contribution in [-0.2, 0) is 23.7 Å². The molecule has 6 unspecified atom stereocenters. The molecule has 0 aliphatic carbocycles. The predicted octanol–water partition coefficient (Wildman–Crippen LogP) is 7.80. The Morgan fingerprint density at radius 3 is 1.80 bits per heavy atom. The van der Waals surface area contributed by atoms with E-state index >= 15 is 0 Å². The third kappa shape index (κ3) is 24.4. The molecule has 0 amide bonds. The molecule has 0 aromatic rings. The fourth-order valence-electron chi connectivity index (χ4n) is 5.66. The summed E-state index contributed by atoms with van der Waals surface area (Å²) in [6, 6.07) is 0. The highest BCUT2D eigenvalue weighted by Gasteiger charge is 2.44. The van der Waals surface area contributed by atoms with Gasteiger partial charge in [0.05, 0.1) is 19.8 Å².